The van der Waals surface area contributed by atoms with E-state index in [9.17, 15) is 9.59 Å². The number of rotatable bonds is 2. The topological polar surface area (TPSA) is 93.7 Å². The van der Waals surface area contributed by atoms with E-state index in [2.05, 4.69) is 15.3 Å². The van der Waals surface area contributed by atoms with E-state index in [1.54, 1.807) is 47.7 Å². The lowest BCUT2D eigenvalue weighted by molar-refractivity contribution is -0.00749. The number of nitrogens with one attached hydrogen (secondary N) is 1. The number of carbonyl (C=O) groups is 2. The van der Waals surface area contributed by atoms with Crippen LogP contribution in [0.5, 0.6) is 0 Å². The molecular weight excluding hydrogens is 408 g/mol. The predicted octanol–water partition coefficient (Wildman–Crippen LogP) is 4.34. The summed E-state index contributed by atoms with van der Waals surface area (Å²) in [5, 5.41) is 3.84. The van der Waals surface area contributed by atoms with Crippen molar-refractivity contribution in [2.24, 2.45) is 11.8 Å². The fourth-order valence-electron chi connectivity index (χ4n) is 4.21. The molecule has 30 heavy (non-hydrogen) atoms. The first-order chi connectivity index (χ1) is 13.8. The zero-order valence-electron chi connectivity index (χ0n) is 18.4. The fourth-order valence-corrected chi connectivity index (χ4v) is 4.31. The van der Waals surface area contributed by atoms with Gasteiger partial charge in [-0.1, -0.05) is 11.6 Å². The zero-order valence-corrected chi connectivity index (χ0v) is 19.2. The van der Waals surface area contributed by atoms with Crippen LogP contribution in [0.15, 0.2) is 12.4 Å². The average Bonchev–Trinajstić information content (AvgIpc) is 3.13. The van der Waals surface area contributed by atoms with Crippen molar-refractivity contribution in [3.63, 3.8) is 0 Å². The highest BCUT2D eigenvalue weighted by atomic mass is 35.5. The van der Waals surface area contributed by atoms with Gasteiger partial charge >= 0.3 is 12.2 Å². The van der Waals surface area contributed by atoms with E-state index in [4.69, 9.17) is 21.1 Å². The van der Waals surface area contributed by atoms with Crippen LogP contribution in [-0.4, -0.2) is 50.8 Å². The maximum absolute atomic E-state index is 12.9. The third-order valence-corrected chi connectivity index (χ3v) is 5.45. The molecule has 1 N–H and O–H groups in total. The molecule has 1 saturated heterocycles. The van der Waals surface area contributed by atoms with Crippen LogP contribution in [0.1, 0.15) is 66.1 Å². The zero-order chi connectivity index (χ0) is 22.3. The summed E-state index contributed by atoms with van der Waals surface area (Å²) in [7, 11) is 0. The summed E-state index contributed by atoms with van der Waals surface area (Å²) >= 11 is 5.87. The molecule has 2 amide bonds. The second-order valence-corrected chi connectivity index (χ2v) is 10.4. The van der Waals surface area contributed by atoms with Gasteiger partial charge in [-0.25, -0.2) is 19.5 Å². The van der Waals surface area contributed by atoms with Crippen LogP contribution in [0, 0.1) is 11.8 Å². The Morgan fingerprint density at radius 1 is 1.03 bits per heavy atom. The highest BCUT2D eigenvalue weighted by Crippen LogP contribution is 2.46. The SMILES string of the molecule is CC(C)(C)OC(=O)N(C(=O)OC(C)(C)C)[C@H]1C[C@@H]2CN[C@H](c3cnc(Cl)cn3)[C@H]2C1. The van der Waals surface area contributed by atoms with Gasteiger partial charge in [-0.05, 0) is 72.8 Å². The Labute approximate surface area is 182 Å². The standard InChI is InChI=1S/C21H31ClN4O4/c1-20(2,3)29-18(27)26(19(28)30-21(4,5)6)13-7-12-9-25-17(14(12)8-13)15-10-24-16(22)11-23-15/h10-14,17,25H,7-9H2,1-6H3/t12-,13+,14+,17+/m1/s1. The number of imide groups is 1. The first-order valence-corrected chi connectivity index (χ1v) is 10.7. The van der Waals surface area contributed by atoms with Gasteiger partial charge in [0.05, 0.1) is 24.1 Å². The maximum Gasteiger partial charge on any atom is 0.420 e. The number of ether oxygens (including phenoxy) is 2. The summed E-state index contributed by atoms with van der Waals surface area (Å²) in [4.78, 5) is 35.6. The second-order valence-electron chi connectivity index (χ2n) is 10.0. The van der Waals surface area contributed by atoms with Crippen LogP contribution in [0.25, 0.3) is 0 Å². The number of carbonyl (C=O) groups excluding carboxylic acids is 2. The van der Waals surface area contributed by atoms with Crippen LogP contribution in [0.4, 0.5) is 9.59 Å². The summed E-state index contributed by atoms with van der Waals surface area (Å²) in [6.45, 7) is 11.5. The molecular formula is C21H31ClN4O4. The van der Waals surface area contributed by atoms with Crippen molar-refractivity contribution >= 4 is 23.8 Å². The molecule has 1 aliphatic heterocycles. The molecule has 1 saturated carbocycles. The van der Waals surface area contributed by atoms with Crippen molar-refractivity contribution in [1.29, 1.82) is 0 Å². The monoisotopic (exact) mass is 438 g/mol. The molecule has 9 heteroatoms. The van der Waals surface area contributed by atoms with Gasteiger partial charge in [-0.3, -0.25) is 4.98 Å². The number of halogens is 1. The molecule has 1 aromatic heterocycles. The normalized spacial score (nSPS) is 26.2. The van der Waals surface area contributed by atoms with Gasteiger partial charge in [0, 0.05) is 6.04 Å². The highest BCUT2D eigenvalue weighted by Gasteiger charge is 2.49. The summed E-state index contributed by atoms with van der Waals surface area (Å²) in [5.41, 5.74) is -0.613. The smallest absolute Gasteiger partial charge is 0.420 e. The lowest BCUT2D eigenvalue weighted by Gasteiger charge is -2.32. The van der Waals surface area contributed by atoms with E-state index in [1.807, 2.05) is 0 Å². The van der Waals surface area contributed by atoms with Gasteiger partial charge in [0.2, 0.25) is 0 Å². The van der Waals surface area contributed by atoms with Crippen molar-refractivity contribution in [1.82, 2.24) is 20.2 Å². The van der Waals surface area contributed by atoms with E-state index < -0.39 is 23.4 Å². The number of fused-ring (bicyclic) bond motifs is 1. The minimum atomic E-state index is -0.713. The van der Waals surface area contributed by atoms with Gasteiger partial charge in [0.25, 0.3) is 0 Å². The molecule has 1 aliphatic carbocycles. The Kier molecular flexibility index (Phi) is 6.30. The van der Waals surface area contributed by atoms with Gasteiger partial charge in [-0.15, -0.1) is 0 Å². The Bertz CT molecular complexity index is 760. The Morgan fingerprint density at radius 3 is 2.13 bits per heavy atom. The van der Waals surface area contributed by atoms with Crippen LogP contribution in [-0.2, 0) is 9.47 Å². The predicted molar refractivity (Wildman–Crippen MR) is 112 cm³/mol. The molecule has 0 unspecified atom stereocenters. The van der Waals surface area contributed by atoms with Crippen molar-refractivity contribution in [2.45, 2.75) is 77.7 Å². The quantitative estimate of drug-likeness (QED) is 0.733. The van der Waals surface area contributed by atoms with Gasteiger partial charge in [0.15, 0.2) is 0 Å². The largest absolute Gasteiger partial charge is 0.443 e. The van der Waals surface area contributed by atoms with Crippen molar-refractivity contribution in [3.05, 3.63) is 23.2 Å². The van der Waals surface area contributed by atoms with Crippen LogP contribution < -0.4 is 5.32 Å². The summed E-state index contributed by atoms with van der Waals surface area (Å²) in [5.74, 6) is 0.530. The molecule has 0 spiro atoms. The van der Waals surface area contributed by atoms with E-state index in [0.29, 0.717) is 23.9 Å². The second kappa shape index (κ2) is 8.30. The Balaban J connectivity index is 1.80. The number of hydrogen-bond donors (Lipinski definition) is 1. The molecule has 2 fully saturated rings. The number of amides is 2. The van der Waals surface area contributed by atoms with Crippen molar-refractivity contribution < 1.29 is 19.1 Å². The first kappa shape index (κ1) is 22.7. The van der Waals surface area contributed by atoms with Gasteiger partial charge in [0.1, 0.15) is 16.4 Å². The lowest BCUT2D eigenvalue weighted by atomic mass is 9.92. The summed E-state index contributed by atoms with van der Waals surface area (Å²) in [6, 6.07) is -0.293. The molecule has 0 radical (unpaired) electrons. The third-order valence-electron chi connectivity index (χ3n) is 5.26. The van der Waals surface area contributed by atoms with Crippen LogP contribution in [0.2, 0.25) is 5.15 Å². The molecule has 2 heterocycles. The van der Waals surface area contributed by atoms with E-state index in [0.717, 1.165) is 12.2 Å². The fraction of sp³-hybridized carbons (Fsp3) is 0.714. The maximum atomic E-state index is 12.9. The minimum Gasteiger partial charge on any atom is -0.443 e. The lowest BCUT2D eigenvalue weighted by Crippen LogP contribution is -2.48. The molecule has 3 rings (SSSR count). The summed E-state index contributed by atoms with van der Waals surface area (Å²) < 4.78 is 11.1. The Morgan fingerprint density at radius 2 is 1.63 bits per heavy atom. The molecule has 0 aromatic carbocycles. The highest BCUT2D eigenvalue weighted by molar-refractivity contribution is 6.29. The van der Waals surface area contributed by atoms with Gasteiger partial charge in [-0.2, -0.15) is 0 Å². The molecule has 0 bridgehead atoms. The van der Waals surface area contributed by atoms with Crippen molar-refractivity contribution in [2.75, 3.05) is 6.54 Å². The van der Waals surface area contributed by atoms with Gasteiger partial charge < -0.3 is 14.8 Å². The molecule has 1 aromatic rings. The van der Waals surface area contributed by atoms with Crippen LogP contribution in [0.3, 0.4) is 0 Å². The van der Waals surface area contributed by atoms with E-state index in [1.165, 1.54) is 11.1 Å². The molecule has 8 nitrogen and oxygen atoms in total. The van der Waals surface area contributed by atoms with E-state index >= 15 is 0 Å². The molecule has 2 aliphatic rings. The number of nitrogens with zero attached hydrogens (tertiary/aromatic N) is 3. The summed E-state index contributed by atoms with van der Waals surface area (Å²) in [6.07, 6.45) is 3.20. The Hall–Kier alpha value is -1.93. The van der Waals surface area contributed by atoms with E-state index in [-0.39, 0.29) is 18.0 Å². The average molecular weight is 439 g/mol. The first-order valence-electron chi connectivity index (χ1n) is 10.3. The minimum absolute atomic E-state index is 0.00360. The molecule has 4 atom stereocenters. The number of hydrogen-bond acceptors (Lipinski definition) is 7. The third kappa shape index (κ3) is 5.40. The van der Waals surface area contributed by atoms with Crippen molar-refractivity contribution in [3.8, 4) is 0 Å². The number of aromatic nitrogens is 2. The van der Waals surface area contributed by atoms with Crippen LogP contribution >= 0.6 is 11.6 Å². The molecule has 166 valence electrons.